The number of ether oxygens (including phenoxy) is 2. The number of hydrogen-bond donors (Lipinski definition) is 1. The number of nitrogens with one attached hydrogen (secondary N) is 1. The first kappa shape index (κ1) is 21.5. The minimum Gasteiger partial charge on any atom is -0.497 e. The van der Waals surface area contributed by atoms with Gasteiger partial charge in [-0.2, -0.15) is 5.10 Å². The number of amides is 1. The van der Waals surface area contributed by atoms with E-state index in [1.807, 2.05) is 6.92 Å². The topological polar surface area (TPSA) is 82.5 Å². The van der Waals surface area contributed by atoms with E-state index in [2.05, 4.69) is 17.3 Å². The lowest BCUT2D eigenvalue weighted by Gasteiger charge is -2.10. The summed E-state index contributed by atoms with van der Waals surface area (Å²) in [5.74, 6) is -0.503. The highest BCUT2D eigenvalue weighted by Gasteiger charge is 2.15. The Bertz CT molecular complexity index is 890. The Kier molecular flexibility index (Phi) is 7.63. The molecular formula is C20H24ClN3O4. The number of carbonyl (C=O) groups is 2. The maximum atomic E-state index is 12.4. The summed E-state index contributed by atoms with van der Waals surface area (Å²) in [5.41, 5.74) is 1.95. The molecule has 7 nitrogen and oxygen atoms in total. The smallest absolute Gasteiger partial charge is 0.340 e. The largest absolute Gasteiger partial charge is 0.497 e. The number of hydrogen-bond acceptors (Lipinski definition) is 5. The number of benzene rings is 1. The number of unbranched alkanes of at least 4 members (excludes halogenated alkanes) is 1. The van der Waals surface area contributed by atoms with Crippen molar-refractivity contribution >= 4 is 35.2 Å². The Hall–Kier alpha value is -2.80. The highest BCUT2D eigenvalue weighted by Crippen LogP contribution is 2.24. The summed E-state index contributed by atoms with van der Waals surface area (Å²) >= 11 is 6.37. The minimum absolute atomic E-state index is 0.199. The fourth-order valence-electron chi connectivity index (χ4n) is 2.58. The maximum Gasteiger partial charge on any atom is 0.340 e. The molecule has 0 bridgehead atoms. The van der Waals surface area contributed by atoms with Crippen LogP contribution in [0.5, 0.6) is 5.75 Å². The number of aryl methyl sites for hydroxylation is 2. The van der Waals surface area contributed by atoms with Crippen molar-refractivity contribution in [3.05, 3.63) is 46.2 Å². The summed E-state index contributed by atoms with van der Waals surface area (Å²) in [6.07, 6.45) is 4.97. The number of rotatable bonds is 8. The second-order valence-electron chi connectivity index (χ2n) is 6.09. The molecule has 150 valence electrons. The molecule has 1 heterocycles. The van der Waals surface area contributed by atoms with Crippen LogP contribution < -0.4 is 10.1 Å². The van der Waals surface area contributed by atoms with Gasteiger partial charge in [-0.15, -0.1) is 0 Å². The van der Waals surface area contributed by atoms with Gasteiger partial charge in [-0.25, -0.2) is 4.79 Å². The van der Waals surface area contributed by atoms with Crippen LogP contribution in [0.4, 0.5) is 5.69 Å². The molecule has 0 radical (unpaired) electrons. The van der Waals surface area contributed by atoms with Gasteiger partial charge in [0.15, 0.2) is 0 Å². The lowest BCUT2D eigenvalue weighted by atomic mass is 10.1. The number of carbonyl (C=O) groups excluding carboxylic acids is 2. The van der Waals surface area contributed by atoms with Crippen molar-refractivity contribution in [3.63, 3.8) is 0 Å². The van der Waals surface area contributed by atoms with Crippen molar-refractivity contribution in [3.8, 4) is 5.75 Å². The van der Waals surface area contributed by atoms with E-state index in [4.69, 9.17) is 21.1 Å². The number of anilines is 1. The van der Waals surface area contributed by atoms with Crippen molar-refractivity contribution in [2.75, 3.05) is 19.5 Å². The van der Waals surface area contributed by atoms with Crippen LogP contribution in [0.25, 0.3) is 6.08 Å². The zero-order valence-electron chi connectivity index (χ0n) is 16.4. The first-order chi connectivity index (χ1) is 13.4. The monoisotopic (exact) mass is 405 g/mol. The van der Waals surface area contributed by atoms with Crippen LogP contribution in [0.3, 0.4) is 0 Å². The highest BCUT2D eigenvalue weighted by atomic mass is 35.5. The summed E-state index contributed by atoms with van der Waals surface area (Å²) in [6.45, 7) is 4.66. The Balaban J connectivity index is 2.19. The first-order valence-electron chi connectivity index (χ1n) is 8.89. The van der Waals surface area contributed by atoms with E-state index in [1.165, 1.54) is 26.4 Å². The fourth-order valence-corrected chi connectivity index (χ4v) is 2.91. The van der Waals surface area contributed by atoms with Crippen LogP contribution in [0.2, 0.25) is 5.15 Å². The SMILES string of the molecule is CCCCn1nc(C)c(C=CC(=O)Nc2ccc(OC)cc2C(=O)OC)c1Cl. The molecule has 0 aliphatic rings. The molecule has 0 aliphatic heterocycles. The van der Waals surface area contributed by atoms with Crippen molar-refractivity contribution in [2.45, 2.75) is 33.2 Å². The van der Waals surface area contributed by atoms with Crippen molar-refractivity contribution < 1.29 is 19.1 Å². The van der Waals surface area contributed by atoms with E-state index in [1.54, 1.807) is 22.9 Å². The third-order valence-corrected chi connectivity index (χ3v) is 4.52. The van der Waals surface area contributed by atoms with Crippen LogP contribution in [0, 0.1) is 6.92 Å². The van der Waals surface area contributed by atoms with Gasteiger partial charge >= 0.3 is 5.97 Å². The van der Waals surface area contributed by atoms with Gasteiger partial charge < -0.3 is 14.8 Å². The number of methoxy groups -OCH3 is 2. The Morgan fingerprint density at radius 1 is 1.32 bits per heavy atom. The molecule has 2 aromatic rings. The third kappa shape index (κ3) is 5.13. The molecule has 1 N–H and O–H groups in total. The molecule has 0 unspecified atom stereocenters. The number of esters is 1. The van der Waals surface area contributed by atoms with Crippen molar-refractivity contribution in [1.82, 2.24) is 9.78 Å². The van der Waals surface area contributed by atoms with Gasteiger partial charge in [0, 0.05) is 18.2 Å². The minimum atomic E-state index is -0.575. The molecule has 28 heavy (non-hydrogen) atoms. The standard InChI is InChI=1S/C20H24ClN3O4/c1-5-6-11-24-19(21)15(13(2)23-24)8-10-18(25)22-17-9-7-14(27-3)12-16(17)20(26)28-4/h7-10,12H,5-6,11H2,1-4H3,(H,22,25). The molecular weight excluding hydrogens is 382 g/mol. The van der Waals surface area contributed by atoms with Gasteiger partial charge in [0.2, 0.25) is 5.91 Å². The van der Waals surface area contributed by atoms with E-state index in [9.17, 15) is 9.59 Å². The van der Waals surface area contributed by atoms with Crippen LogP contribution in [-0.4, -0.2) is 35.9 Å². The lowest BCUT2D eigenvalue weighted by Crippen LogP contribution is -2.13. The average molecular weight is 406 g/mol. The van der Waals surface area contributed by atoms with E-state index in [0.717, 1.165) is 25.1 Å². The van der Waals surface area contributed by atoms with Crippen LogP contribution in [0.1, 0.15) is 41.4 Å². The number of aromatic nitrogens is 2. The quantitative estimate of drug-likeness (QED) is 0.528. The molecule has 1 aromatic carbocycles. The molecule has 0 aliphatic carbocycles. The second-order valence-corrected chi connectivity index (χ2v) is 6.45. The summed E-state index contributed by atoms with van der Waals surface area (Å²) in [5, 5.41) is 7.57. The molecule has 0 fully saturated rings. The fraction of sp³-hybridized carbons (Fsp3) is 0.350. The van der Waals surface area contributed by atoms with Gasteiger partial charge in [0.1, 0.15) is 10.9 Å². The van der Waals surface area contributed by atoms with Gasteiger partial charge in [0.25, 0.3) is 0 Å². The molecule has 1 amide bonds. The van der Waals surface area contributed by atoms with Crippen molar-refractivity contribution in [1.29, 1.82) is 0 Å². The van der Waals surface area contributed by atoms with Gasteiger partial charge in [-0.05, 0) is 37.6 Å². The maximum absolute atomic E-state index is 12.4. The van der Waals surface area contributed by atoms with Gasteiger partial charge in [-0.3, -0.25) is 9.48 Å². The molecule has 0 saturated heterocycles. The van der Waals surface area contributed by atoms with Crippen LogP contribution in [-0.2, 0) is 16.1 Å². The van der Waals surface area contributed by atoms with E-state index in [-0.39, 0.29) is 5.56 Å². The summed E-state index contributed by atoms with van der Waals surface area (Å²) in [4.78, 5) is 24.3. The molecule has 8 heteroatoms. The number of nitrogens with zero attached hydrogens (tertiary/aromatic N) is 2. The average Bonchev–Trinajstić information content (AvgIpc) is 2.97. The first-order valence-corrected chi connectivity index (χ1v) is 9.27. The Morgan fingerprint density at radius 3 is 2.71 bits per heavy atom. The summed E-state index contributed by atoms with van der Waals surface area (Å²) in [7, 11) is 2.76. The summed E-state index contributed by atoms with van der Waals surface area (Å²) in [6, 6.07) is 4.73. The molecule has 0 atom stereocenters. The number of halogens is 1. The molecule has 2 rings (SSSR count). The predicted molar refractivity (Wildman–Crippen MR) is 109 cm³/mol. The third-order valence-electron chi connectivity index (χ3n) is 4.12. The zero-order chi connectivity index (χ0) is 20.7. The van der Waals surface area contributed by atoms with E-state index < -0.39 is 11.9 Å². The molecule has 1 aromatic heterocycles. The molecule has 0 spiro atoms. The van der Waals surface area contributed by atoms with E-state index >= 15 is 0 Å². The van der Waals surface area contributed by atoms with Gasteiger partial charge in [-0.1, -0.05) is 24.9 Å². The normalized spacial score (nSPS) is 10.9. The van der Waals surface area contributed by atoms with Crippen molar-refractivity contribution in [2.24, 2.45) is 0 Å². The van der Waals surface area contributed by atoms with Gasteiger partial charge in [0.05, 0.1) is 31.2 Å². The van der Waals surface area contributed by atoms with E-state index in [0.29, 0.717) is 22.2 Å². The lowest BCUT2D eigenvalue weighted by molar-refractivity contribution is -0.111. The zero-order valence-corrected chi connectivity index (χ0v) is 17.2. The predicted octanol–water partition coefficient (Wildman–Crippen LogP) is 4.09. The summed E-state index contributed by atoms with van der Waals surface area (Å²) < 4.78 is 11.6. The molecule has 0 saturated carbocycles. The Morgan fingerprint density at radius 2 is 2.07 bits per heavy atom. The van der Waals surface area contributed by atoms with Crippen LogP contribution >= 0.6 is 11.6 Å². The Labute approximate surface area is 169 Å². The highest BCUT2D eigenvalue weighted by molar-refractivity contribution is 6.31. The second kappa shape index (κ2) is 9.94. The van der Waals surface area contributed by atoms with Crippen LogP contribution in [0.15, 0.2) is 24.3 Å².